The second-order valence-corrected chi connectivity index (χ2v) is 7.29. The van der Waals surface area contributed by atoms with Crippen molar-refractivity contribution in [3.63, 3.8) is 0 Å². The van der Waals surface area contributed by atoms with Gasteiger partial charge in [-0.2, -0.15) is 0 Å². The molecule has 4 rings (SSSR count). The van der Waals surface area contributed by atoms with E-state index in [0.29, 0.717) is 17.2 Å². The van der Waals surface area contributed by atoms with Crippen LogP contribution in [0.1, 0.15) is 0 Å². The highest BCUT2D eigenvalue weighted by atomic mass is 32.2. The number of phenols is 1. The van der Waals surface area contributed by atoms with Gasteiger partial charge in [0.1, 0.15) is 16.2 Å². The van der Waals surface area contributed by atoms with E-state index in [1.807, 2.05) is 24.3 Å². The molecule has 6 nitrogen and oxygen atoms in total. The Labute approximate surface area is 149 Å². The molecule has 0 aliphatic heterocycles. The van der Waals surface area contributed by atoms with Crippen molar-refractivity contribution in [3.8, 4) is 17.2 Å². The number of hydrogen-bond acceptors (Lipinski definition) is 5. The first-order valence-corrected chi connectivity index (χ1v) is 9.28. The Bertz CT molecular complexity index is 1150. The summed E-state index contributed by atoms with van der Waals surface area (Å²) in [6.45, 7) is 0. The van der Waals surface area contributed by atoms with Gasteiger partial charge in [-0.05, 0) is 48.5 Å². The number of nitrogens with one attached hydrogen (secondary N) is 1. The minimum Gasteiger partial charge on any atom is -0.507 e. The van der Waals surface area contributed by atoms with E-state index in [-0.39, 0.29) is 10.6 Å². The number of para-hydroxylation sites is 3. The number of aromatic hydroxyl groups is 1. The van der Waals surface area contributed by atoms with Crippen LogP contribution in [0.2, 0.25) is 0 Å². The van der Waals surface area contributed by atoms with Crippen molar-refractivity contribution in [1.82, 2.24) is 4.98 Å². The number of benzene rings is 3. The third-order valence-corrected chi connectivity index (χ3v) is 5.26. The Morgan fingerprint density at radius 2 is 1.58 bits per heavy atom. The highest BCUT2D eigenvalue weighted by Crippen LogP contribution is 2.27. The lowest BCUT2D eigenvalue weighted by molar-refractivity contribution is 0.459. The number of phenolic OH excluding ortho intramolecular Hbond substituents is 1. The first kappa shape index (κ1) is 16.2. The zero-order valence-electron chi connectivity index (χ0n) is 13.5. The van der Waals surface area contributed by atoms with E-state index < -0.39 is 10.0 Å². The quantitative estimate of drug-likeness (QED) is 0.569. The number of fused-ring (bicyclic) bond motifs is 1. The summed E-state index contributed by atoms with van der Waals surface area (Å²) in [5, 5.41) is 9.75. The fraction of sp³-hybridized carbons (Fsp3) is 0. The molecule has 2 N–H and O–H groups in total. The van der Waals surface area contributed by atoms with Crippen LogP contribution in [0.15, 0.2) is 82.1 Å². The number of oxazole rings is 1. The summed E-state index contributed by atoms with van der Waals surface area (Å²) in [5.74, 6) is 0.157. The van der Waals surface area contributed by atoms with Crippen molar-refractivity contribution >= 4 is 26.8 Å². The number of nitrogens with zero attached hydrogens (tertiary/aromatic N) is 1. The van der Waals surface area contributed by atoms with Gasteiger partial charge in [0, 0.05) is 11.3 Å². The number of aromatic nitrogens is 1. The van der Waals surface area contributed by atoms with E-state index >= 15 is 0 Å². The normalized spacial score (nSPS) is 11.5. The average Bonchev–Trinajstić information content (AvgIpc) is 3.06. The van der Waals surface area contributed by atoms with Crippen molar-refractivity contribution in [3.05, 3.63) is 72.8 Å². The molecule has 0 amide bonds. The zero-order chi connectivity index (χ0) is 18.1. The second-order valence-electron chi connectivity index (χ2n) is 5.64. The lowest BCUT2D eigenvalue weighted by Gasteiger charge is -2.09. The fourth-order valence-electron chi connectivity index (χ4n) is 2.57. The molecule has 0 radical (unpaired) electrons. The lowest BCUT2D eigenvalue weighted by Crippen LogP contribution is -2.12. The summed E-state index contributed by atoms with van der Waals surface area (Å²) in [6, 6.07) is 19.9. The Morgan fingerprint density at radius 1 is 0.885 bits per heavy atom. The number of hydrogen-bond donors (Lipinski definition) is 2. The van der Waals surface area contributed by atoms with Crippen LogP contribution in [-0.4, -0.2) is 18.5 Å². The van der Waals surface area contributed by atoms with Gasteiger partial charge in [-0.15, -0.1) is 0 Å². The van der Waals surface area contributed by atoms with Gasteiger partial charge in [0.25, 0.3) is 10.0 Å². The summed E-state index contributed by atoms with van der Waals surface area (Å²) in [6.07, 6.45) is 0. The smallest absolute Gasteiger partial charge is 0.265 e. The highest BCUT2D eigenvalue weighted by Gasteiger charge is 2.18. The molecule has 0 unspecified atom stereocenters. The van der Waals surface area contributed by atoms with E-state index in [2.05, 4.69) is 9.71 Å². The molecule has 130 valence electrons. The van der Waals surface area contributed by atoms with Gasteiger partial charge in [-0.25, -0.2) is 13.4 Å². The van der Waals surface area contributed by atoms with Crippen molar-refractivity contribution in [2.75, 3.05) is 4.72 Å². The maximum atomic E-state index is 12.4. The van der Waals surface area contributed by atoms with Crippen LogP contribution >= 0.6 is 0 Å². The predicted molar refractivity (Wildman–Crippen MR) is 98.4 cm³/mol. The van der Waals surface area contributed by atoms with Crippen molar-refractivity contribution < 1.29 is 17.9 Å². The second kappa shape index (κ2) is 6.20. The molecular formula is C19H14N2O4S. The first-order chi connectivity index (χ1) is 12.5. The molecule has 0 atom stereocenters. The van der Waals surface area contributed by atoms with Gasteiger partial charge in [-0.3, -0.25) is 4.72 Å². The third-order valence-electron chi connectivity index (χ3n) is 3.83. The van der Waals surface area contributed by atoms with Crippen LogP contribution in [0.5, 0.6) is 5.75 Å². The van der Waals surface area contributed by atoms with Gasteiger partial charge in [0.15, 0.2) is 5.58 Å². The van der Waals surface area contributed by atoms with Gasteiger partial charge >= 0.3 is 0 Å². The van der Waals surface area contributed by atoms with Crippen LogP contribution < -0.4 is 4.72 Å². The van der Waals surface area contributed by atoms with E-state index in [9.17, 15) is 13.5 Å². The van der Waals surface area contributed by atoms with Crippen LogP contribution in [0.25, 0.3) is 22.6 Å². The molecule has 0 spiro atoms. The van der Waals surface area contributed by atoms with Gasteiger partial charge < -0.3 is 9.52 Å². The minimum atomic E-state index is -3.88. The standard InChI is InChI=1S/C19H14N2O4S/c22-16-6-2-4-8-18(16)26(23,24)21-14-11-9-13(10-12-14)19-20-15-5-1-3-7-17(15)25-19/h1-12,21-22H. The Kier molecular flexibility index (Phi) is 3.85. The van der Waals surface area contributed by atoms with Crippen LogP contribution in [-0.2, 0) is 10.0 Å². The molecule has 0 aliphatic rings. The largest absolute Gasteiger partial charge is 0.507 e. The van der Waals surface area contributed by atoms with Crippen molar-refractivity contribution in [1.29, 1.82) is 0 Å². The molecule has 4 aromatic rings. The molecule has 7 heteroatoms. The molecule has 0 bridgehead atoms. The zero-order valence-corrected chi connectivity index (χ0v) is 14.3. The molecule has 3 aromatic carbocycles. The van der Waals surface area contributed by atoms with Crippen LogP contribution in [0.3, 0.4) is 0 Å². The predicted octanol–water partition coefficient (Wildman–Crippen LogP) is 4.00. The summed E-state index contributed by atoms with van der Waals surface area (Å²) >= 11 is 0. The number of anilines is 1. The van der Waals surface area contributed by atoms with E-state index in [0.717, 1.165) is 11.1 Å². The third kappa shape index (κ3) is 3.00. The van der Waals surface area contributed by atoms with Gasteiger partial charge in [-0.1, -0.05) is 24.3 Å². The maximum Gasteiger partial charge on any atom is 0.265 e. The average molecular weight is 366 g/mol. The number of sulfonamides is 1. The van der Waals surface area contributed by atoms with Crippen molar-refractivity contribution in [2.24, 2.45) is 0 Å². The SMILES string of the molecule is O=S(=O)(Nc1ccc(-c2nc3ccccc3o2)cc1)c1ccccc1O. The van der Waals surface area contributed by atoms with Crippen LogP contribution in [0, 0.1) is 0 Å². The van der Waals surface area contributed by atoms with Crippen LogP contribution in [0.4, 0.5) is 5.69 Å². The first-order valence-electron chi connectivity index (χ1n) is 7.80. The monoisotopic (exact) mass is 366 g/mol. The molecular weight excluding hydrogens is 352 g/mol. The molecule has 26 heavy (non-hydrogen) atoms. The summed E-state index contributed by atoms with van der Waals surface area (Å²) in [4.78, 5) is 4.23. The van der Waals surface area contributed by atoms with E-state index in [4.69, 9.17) is 4.42 Å². The minimum absolute atomic E-state index is 0.178. The molecule has 0 saturated carbocycles. The highest BCUT2D eigenvalue weighted by molar-refractivity contribution is 7.92. The molecule has 0 fully saturated rings. The Hall–Kier alpha value is -3.32. The van der Waals surface area contributed by atoms with E-state index in [1.165, 1.54) is 12.1 Å². The Balaban J connectivity index is 1.61. The lowest BCUT2D eigenvalue weighted by atomic mass is 10.2. The summed E-state index contributed by atoms with van der Waals surface area (Å²) < 4.78 is 32.9. The molecule has 0 saturated heterocycles. The molecule has 1 aromatic heterocycles. The topological polar surface area (TPSA) is 92.4 Å². The Morgan fingerprint density at radius 3 is 2.31 bits per heavy atom. The van der Waals surface area contributed by atoms with E-state index in [1.54, 1.807) is 36.4 Å². The summed E-state index contributed by atoms with van der Waals surface area (Å²) in [7, 11) is -3.88. The molecule has 1 heterocycles. The van der Waals surface area contributed by atoms with Crippen molar-refractivity contribution in [2.45, 2.75) is 4.90 Å². The maximum absolute atomic E-state index is 12.4. The molecule has 0 aliphatic carbocycles. The summed E-state index contributed by atoms with van der Waals surface area (Å²) in [5.41, 5.74) is 2.54. The van der Waals surface area contributed by atoms with Gasteiger partial charge in [0.05, 0.1) is 0 Å². The number of rotatable bonds is 4. The fourth-order valence-corrected chi connectivity index (χ4v) is 3.73. The van der Waals surface area contributed by atoms with Gasteiger partial charge in [0.2, 0.25) is 5.89 Å².